The molecule has 17 heavy (non-hydrogen) atoms. The Morgan fingerprint density at radius 3 is 2.47 bits per heavy atom. The molecule has 0 saturated heterocycles. The minimum absolute atomic E-state index is 0.140. The lowest BCUT2D eigenvalue weighted by Crippen LogP contribution is -2.26. The van der Waals surface area contributed by atoms with Crippen molar-refractivity contribution in [3.05, 3.63) is 34.4 Å². The Hall–Kier alpha value is -1.19. The summed E-state index contributed by atoms with van der Waals surface area (Å²) in [5.74, 6) is 0.140. The number of Topliss-reactive ketones (excluding diaryl/α,β-unsaturated/α-hetero) is 1. The minimum Gasteiger partial charge on any atom is -0.383 e. The van der Waals surface area contributed by atoms with Gasteiger partial charge in [-0.2, -0.15) is 0 Å². The topological polar surface area (TPSA) is 38.3 Å². The molecule has 94 valence electrons. The molecule has 0 unspecified atom stereocenters. The van der Waals surface area contributed by atoms with E-state index in [0.717, 1.165) is 16.7 Å². The summed E-state index contributed by atoms with van der Waals surface area (Å²) in [6, 6.07) is 4.04. The summed E-state index contributed by atoms with van der Waals surface area (Å²) in [6.45, 7) is 7.77. The van der Waals surface area contributed by atoms with Crippen LogP contribution in [0.2, 0.25) is 0 Å². The van der Waals surface area contributed by atoms with Crippen molar-refractivity contribution < 1.29 is 9.53 Å². The number of ether oxygens (including phenoxy) is 1. The Balaban J connectivity index is 2.66. The molecule has 0 aromatic heterocycles. The average molecular weight is 235 g/mol. The maximum absolute atomic E-state index is 12.0. The highest BCUT2D eigenvalue weighted by Crippen LogP contribution is 2.15. The summed E-state index contributed by atoms with van der Waals surface area (Å²) in [6.07, 6.45) is 0. The normalized spacial score (nSPS) is 10.6. The third-order valence-corrected chi connectivity index (χ3v) is 2.91. The van der Waals surface area contributed by atoms with Crippen LogP contribution in [-0.2, 0) is 4.74 Å². The fourth-order valence-electron chi connectivity index (χ4n) is 1.73. The second-order valence-corrected chi connectivity index (χ2v) is 4.34. The molecule has 0 spiro atoms. The van der Waals surface area contributed by atoms with E-state index < -0.39 is 0 Å². The molecule has 1 aromatic carbocycles. The van der Waals surface area contributed by atoms with Crippen LogP contribution in [0.5, 0.6) is 0 Å². The van der Waals surface area contributed by atoms with Crippen molar-refractivity contribution >= 4 is 5.78 Å². The number of hydrogen-bond donors (Lipinski definition) is 1. The van der Waals surface area contributed by atoms with Gasteiger partial charge in [-0.3, -0.25) is 4.79 Å². The summed E-state index contributed by atoms with van der Waals surface area (Å²) >= 11 is 0. The number of rotatable bonds is 6. The highest BCUT2D eigenvalue weighted by molar-refractivity contribution is 5.99. The van der Waals surface area contributed by atoms with E-state index in [2.05, 4.69) is 18.3 Å². The van der Waals surface area contributed by atoms with Gasteiger partial charge in [0.2, 0.25) is 0 Å². The van der Waals surface area contributed by atoms with E-state index in [1.54, 1.807) is 7.11 Å². The van der Waals surface area contributed by atoms with E-state index in [4.69, 9.17) is 4.74 Å². The molecule has 3 heteroatoms. The first kappa shape index (κ1) is 13.9. The quantitative estimate of drug-likeness (QED) is 0.605. The first-order valence-corrected chi connectivity index (χ1v) is 5.87. The van der Waals surface area contributed by atoms with Gasteiger partial charge in [0.15, 0.2) is 5.78 Å². The standard InChI is InChI=1S/C14H21NO2/c1-10-7-12(3)13(8-11(10)2)14(16)9-15-5-6-17-4/h7-8,15H,5-6,9H2,1-4H3. The molecule has 1 rings (SSSR count). The van der Waals surface area contributed by atoms with E-state index in [1.165, 1.54) is 5.56 Å². The lowest BCUT2D eigenvalue weighted by Gasteiger charge is -2.09. The Kier molecular flexibility index (Phi) is 5.32. The second kappa shape index (κ2) is 6.52. The van der Waals surface area contributed by atoms with Crippen LogP contribution in [0, 0.1) is 20.8 Å². The first-order chi connectivity index (χ1) is 8.06. The predicted molar refractivity (Wildman–Crippen MR) is 69.7 cm³/mol. The predicted octanol–water partition coefficient (Wildman–Crippen LogP) is 2.03. The molecule has 0 atom stereocenters. The van der Waals surface area contributed by atoms with Gasteiger partial charge in [-0.25, -0.2) is 0 Å². The van der Waals surface area contributed by atoms with Gasteiger partial charge in [0.05, 0.1) is 13.2 Å². The molecule has 0 aliphatic rings. The molecule has 0 fully saturated rings. The zero-order valence-corrected chi connectivity index (χ0v) is 11.1. The second-order valence-electron chi connectivity index (χ2n) is 4.34. The summed E-state index contributed by atoms with van der Waals surface area (Å²) in [7, 11) is 1.65. The monoisotopic (exact) mass is 235 g/mol. The van der Waals surface area contributed by atoms with Gasteiger partial charge in [-0.1, -0.05) is 6.07 Å². The van der Waals surface area contributed by atoms with Gasteiger partial charge < -0.3 is 10.1 Å². The Labute approximate surface area is 103 Å². The zero-order valence-electron chi connectivity index (χ0n) is 11.1. The molecule has 0 saturated carbocycles. The van der Waals surface area contributed by atoms with Crippen LogP contribution < -0.4 is 5.32 Å². The highest BCUT2D eigenvalue weighted by atomic mass is 16.5. The maximum atomic E-state index is 12.0. The number of carbonyl (C=O) groups is 1. The molecule has 0 heterocycles. The van der Waals surface area contributed by atoms with Crippen LogP contribution in [0.15, 0.2) is 12.1 Å². The van der Waals surface area contributed by atoms with Gasteiger partial charge in [0.25, 0.3) is 0 Å². The fourth-order valence-corrected chi connectivity index (χ4v) is 1.73. The first-order valence-electron chi connectivity index (χ1n) is 5.87. The molecule has 1 aromatic rings. The van der Waals surface area contributed by atoms with Gasteiger partial charge in [-0.05, 0) is 43.5 Å². The summed E-state index contributed by atoms with van der Waals surface area (Å²) in [5.41, 5.74) is 4.26. The van der Waals surface area contributed by atoms with Crippen molar-refractivity contribution in [2.24, 2.45) is 0 Å². The van der Waals surface area contributed by atoms with E-state index in [-0.39, 0.29) is 5.78 Å². The number of nitrogens with one attached hydrogen (secondary N) is 1. The lowest BCUT2D eigenvalue weighted by molar-refractivity contribution is 0.0987. The van der Waals surface area contributed by atoms with Crippen molar-refractivity contribution in [1.29, 1.82) is 0 Å². The van der Waals surface area contributed by atoms with Gasteiger partial charge >= 0.3 is 0 Å². The summed E-state index contributed by atoms with van der Waals surface area (Å²) < 4.78 is 4.91. The molecular formula is C14H21NO2. The van der Waals surface area contributed by atoms with Crippen LogP contribution >= 0.6 is 0 Å². The van der Waals surface area contributed by atoms with E-state index in [0.29, 0.717) is 19.7 Å². The van der Waals surface area contributed by atoms with Crippen LogP contribution in [0.4, 0.5) is 0 Å². The summed E-state index contributed by atoms with van der Waals surface area (Å²) in [4.78, 5) is 12.0. The van der Waals surface area contributed by atoms with E-state index in [1.807, 2.05) is 19.9 Å². The molecular weight excluding hydrogens is 214 g/mol. The van der Waals surface area contributed by atoms with Crippen molar-refractivity contribution in [2.75, 3.05) is 26.8 Å². The largest absolute Gasteiger partial charge is 0.383 e. The van der Waals surface area contributed by atoms with Gasteiger partial charge in [0.1, 0.15) is 0 Å². The fraction of sp³-hybridized carbons (Fsp3) is 0.500. The lowest BCUT2D eigenvalue weighted by atomic mass is 9.98. The molecule has 0 amide bonds. The number of hydrogen-bond acceptors (Lipinski definition) is 3. The van der Waals surface area contributed by atoms with Crippen molar-refractivity contribution in [1.82, 2.24) is 5.32 Å². The highest BCUT2D eigenvalue weighted by Gasteiger charge is 2.09. The molecule has 0 radical (unpaired) electrons. The van der Waals surface area contributed by atoms with E-state index >= 15 is 0 Å². The smallest absolute Gasteiger partial charge is 0.176 e. The number of benzene rings is 1. The molecule has 0 bridgehead atoms. The Morgan fingerprint density at radius 1 is 1.18 bits per heavy atom. The third-order valence-electron chi connectivity index (χ3n) is 2.91. The number of carbonyl (C=O) groups excluding carboxylic acids is 1. The zero-order chi connectivity index (χ0) is 12.8. The maximum Gasteiger partial charge on any atom is 0.176 e. The van der Waals surface area contributed by atoms with Crippen molar-refractivity contribution in [3.63, 3.8) is 0 Å². The number of methoxy groups -OCH3 is 1. The number of ketones is 1. The molecule has 3 nitrogen and oxygen atoms in total. The van der Waals surface area contributed by atoms with Crippen LogP contribution in [0.1, 0.15) is 27.0 Å². The van der Waals surface area contributed by atoms with E-state index in [9.17, 15) is 4.79 Å². The van der Waals surface area contributed by atoms with Crippen molar-refractivity contribution in [2.45, 2.75) is 20.8 Å². The van der Waals surface area contributed by atoms with Gasteiger partial charge in [0, 0.05) is 19.2 Å². The van der Waals surface area contributed by atoms with Crippen molar-refractivity contribution in [3.8, 4) is 0 Å². The number of aryl methyl sites for hydroxylation is 3. The van der Waals surface area contributed by atoms with Crippen LogP contribution in [0.25, 0.3) is 0 Å². The minimum atomic E-state index is 0.140. The molecule has 0 aliphatic heterocycles. The molecule has 0 aliphatic carbocycles. The Morgan fingerprint density at radius 2 is 1.82 bits per heavy atom. The van der Waals surface area contributed by atoms with Crippen LogP contribution in [0.3, 0.4) is 0 Å². The van der Waals surface area contributed by atoms with Crippen LogP contribution in [-0.4, -0.2) is 32.6 Å². The van der Waals surface area contributed by atoms with Gasteiger partial charge in [-0.15, -0.1) is 0 Å². The Bertz CT molecular complexity index is 399. The average Bonchev–Trinajstić information content (AvgIpc) is 2.29. The molecule has 1 N–H and O–H groups in total. The third kappa shape index (κ3) is 3.95. The SMILES string of the molecule is COCCNCC(=O)c1cc(C)c(C)cc1C. The summed E-state index contributed by atoms with van der Waals surface area (Å²) in [5, 5.41) is 3.07.